The van der Waals surface area contributed by atoms with Crippen LogP contribution in [0.2, 0.25) is 0 Å². The molecule has 42 heavy (non-hydrogen) atoms. The molecule has 3 aliphatic heterocycles. The molecule has 0 saturated carbocycles. The molecular formula is C32H41N5O5. The molecule has 2 saturated heterocycles. The molecule has 3 heterocycles. The molecule has 2 aromatic rings. The monoisotopic (exact) mass is 575 g/mol. The number of nitrogens with zero attached hydrogens (tertiary/aromatic N) is 3. The predicted molar refractivity (Wildman–Crippen MR) is 158 cm³/mol. The molecule has 2 fully saturated rings. The molecule has 5 amide bonds. The first-order valence-electron chi connectivity index (χ1n) is 14.9. The lowest BCUT2D eigenvalue weighted by atomic mass is 9.93. The Kier molecular flexibility index (Phi) is 8.70. The molecular weight excluding hydrogens is 534 g/mol. The molecule has 224 valence electrons. The van der Waals surface area contributed by atoms with E-state index in [0.717, 1.165) is 16.8 Å². The molecule has 10 nitrogen and oxygen atoms in total. The largest absolute Gasteiger partial charge is 0.337 e. The van der Waals surface area contributed by atoms with Crippen LogP contribution in [0, 0.1) is 5.41 Å². The summed E-state index contributed by atoms with van der Waals surface area (Å²) in [5.74, 6) is -0.897. The van der Waals surface area contributed by atoms with Gasteiger partial charge in [0.15, 0.2) is 0 Å². The van der Waals surface area contributed by atoms with Crippen LogP contribution >= 0.6 is 0 Å². The van der Waals surface area contributed by atoms with Crippen molar-refractivity contribution in [1.29, 1.82) is 0 Å². The maximum Gasteiger partial charge on any atom is 0.333 e. The Balaban J connectivity index is 1.22. The second-order valence-corrected chi connectivity index (χ2v) is 12.7. The number of hydroxylamine groups is 2. The average Bonchev–Trinajstić information content (AvgIpc) is 3.10. The number of hydrogen-bond acceptors (Lipinski definition) is 5. The summed E-state index contributed by atoms with van der Waals surface area (Å²) >= 11 is 0. The van der Waals surface area contributed by atoms with Crippen LogP contribution in [-0.4, -0.2) is 64.0 Å². The van der Waals surface area contributed by atoms with Gasteiger partial charge in [0, 0.05) is 31.4 Å². The molecule has 0 spiro atoms. The van der Waals surface area contributed by atoms with E-state index in [2.05, 4.69) is 10.6 Å². The van der Waals surface area contributed by atoms with Crippen LogP contribution in [0.1, 0.15) is 76.5 Å². The van der Waals surface area contributed by atoms with E-state index in [1.54, 1.807) is 4.90 Å². The topological polar surface area (TPSA) is 111 Å². The third kappa shape index (κ3) is 6.86. The number of anilines is 1. The van der Waals surface area contributed by atoms with E-state index in [1.807, 2.05) is 80.3 Å². The number of rotatable bonds is 5. The zero-order valence-corrected chi connectivity index (χ0v) is 24.7. The van der Waals surface area contributed by atoms with Gasteiger partial charge in [-0.15, -0.1) is 0 Å². The first-order valence-corrected chi connectivity index (χ1v) is 14.9. The van der Waals surface area contributed by atoms with Crippen LogP contribution in [-0.2, 0) is 21.0 Å². The number of likely N-dealkylation sites (tertiary alicyclic amines) is 1. The molecule has 10 heteroatoms. The zero-order valence-electron chi connectivity index (χ0n) is 24.7. The van der Waals surface area contributed by atoms with E-state index in [-0.39, 0.29) is 29.9 Å². The van der Waals surface area contributed by atoms with Gasteiger partial charge in [0.25, 0.3) is 5.91 Å². The van der Waals surface area contributed by atoms with Gasteiger partial charge in [-0.25, -0.2) is 14.4 Å². The third-order valence-electron chi connectivity index (χ3n) is 8.18. The Hall–Kier alpha value is -4.08. The van der Waals surface area contributed by atoms with Crippen molar-refractivity contribution in [2.24, 2.45) is 5.41 Å². The number of benzene rings is 2. The molecule has 2 N–H and O–H groups in total. The normalized spacial score (nSPS) is 21.7. The second-order valence-electron chi connectivity index (χ2n) is 12.7. The van der Waals surface area contributed by atoms with Gasteiger partial charge in [-0.2, -0.15) is 5.06 Å². The molecule has 0 aromatic heterocycles. The van der Waals surface area contributed by atoms with E-state index in [1.165, 1.54) is 5.06 Å². The number of carbonyl (C=O) groups excluding carboxylic acids is 4. The molecule has 0 unspecified atom stereocenters. The molecule has 0 radical (unpaired) electrons. The van der Waals surface area contributed by atoms with Gasteiger partial charge in [0.1, 0.15) is 6.04 Å². The van der Waals surface area contributed by atoms with Crippen molar-refractivity contribution in [2.45, 2.75) is 84.0 Å². The van der Waals surface area contributed by atoms with Crippen LogP contribution in [0.15, 0.2) is 54.6 Å². The summed E-state index contributed by atoms with van der Waals surface area (Å²) in [5, 5.41) is 7.09. The van der Waals surface area contributed by atoms with Crippen molar-refractivity contribution in [3.05, 3.63) is 65.7 Å². The third-order valence-corrected chi connectivity index (χ3v) is 8.18. The minimum atomic E-state index is -0.809. The van der Waals surface area contributed by atoms with Gasteiger partial charge >= 0.3 is 18.0 Å². The lowest BCUT2D eigenvalue weighted by molar-refractivity contribution is -0.210. The summed E-state index contributed by atoms with van der Waals surface area (Å²) in [6, 6.07) is 15.7. The standard InChI is InChI=1S/C32H41N5O5/c1-32(2,3)20-28(38)42-37-27(22-10-5-4-6-11-22)15-9-14-26(29(37)39)34-30(40)35-18-16-24(17-19-35)36-21-23-12-7-8-13-25(23)33-31(36)41/h4-8,10-13,24,26-27H,9,14-21H2,1-3H3,(H,33,41)(H,34,40)/t26-,27-/m1/s1. The number of fused-ring (bicyclic) bond motifs is 1. The molecule has 5 rings (SSSR count). The van der Waals surface area contributed by atoms with Crippen LogP contribution in [0.3, 0.4) is 0 Å². The summed E-state index contributed by atoms with van der Waals surface area (Å²) in [5.41, 5.74) is 2.50. The molecule has 0 bridgehead atoms. The number of para-hydroxylation sites is 1. The fourth-order valence-corrected chi connectivity index (χ4v) is 6.00. The highest BCUT2D eigenvalue weighted by Crippen LogP contribution is 2.33. The first-order chi connectivity index (χ1) is 20.1. The van der Waals surface area contributed by atoms with Gasteiger partial charge < -0.3 is 25.3 Å². The molecule has 2 aromatic carbocycles. The summed E-state index contributed by atoms with van der Waals surface area (Å²) in [7, 11) is 0. The Morgan fingerprint density at radius 3 is 2.36 bits per heavy atom. The number of urea groups is 2. The first kappa shape index (κ1) is 29.4. The highest BCUT2D eigenvalue weighted by molar-refractivity contribution is 5.92. The quantitative estimate of drug-likeness (QED) is 0.508. The zero-order chi connectivity index (χ0) is 29.9. The maximum absolute atomic E-state index is 13.8. The van der Waals surface area contributed by atoms with Crippen molar-refractivity contribution < 1.29 is 24.0 Å². The number of amides is 5. The lowest BCUT2D eigenvalue weighted by Gasteiger charge is -2.40. The molecule has 2 atom stereocenters. The highest BCUT2D eigenvalue weighted by Gasteiger charge is 2.39. The van der Waals surface area contributed by atoms with Gasteiger partial charge in [-0.05, 0) is 54.7 Å². The minimum absolute atomic E-state index is 0.0197. The lowest BCUT2D eigenvalue weighted by Crippen LogP contribution is -2.55. The number of nitrogens with one attached hydrogen (secondary N) is 2. The minimum Gasteiger partial charge on any atom is -0.337 e. The SMILES string of the molecule is CC(C)(C)CC(=O)ON1C(=O)[C@H](NC(=O)N2CCC(N3Cc4ccccc4NC3=O)CC2)CCC[C@@H]1c1ccccc1. The van der Waals surface area contributed by atoms with E-state index in [0.29, 0.717) is 51.7 Å². The fourth-order valence-electron chi connectivity index (χ4n) is 6.00. The summed E-state index contributed by atoms with van der Waals surface area (Å²) < 4.78 is 0. The van der Waals surface area contributed by atoms with Gasteiger partial charge in [0.2, 0.25) is 0 Å². The number of carbonyl (C=O) groups is 4. The summed E-state index contributed by atoms with van der Waals surface area (Å²) in [4.78, 5) is 62.0. The van der Waals surface area contributed by atoms with Crippen molar-refractivity contribution in [3.63, 3.8) is 0 Å². The average molecular weight is 576 g/mol. The Morgan fingerprint density at radius 2 is 1.64 bits per heavy atom. The smallest absolute Gasteiger partial charge is 0.333 e. The summed E-state index contributed by atoms with van der Waals surface area (Å²) in [6.07, 6.45) is 3.19. The van der Waals surface area contributed by atoms with Gasteiger partial charge in [-0.1, -0.05) is 69.3 Å². The van der Waals surface area contributed by atoms with Crippen LogP contribution in [0.4, 0.5) is 15.3 Å². The Morgan fingerprint density at radius 1 is 0.952 bits per heavy atom. The number of piperidine rings is 1. The maximum atomic E-state index is 13.8. The molecule has 0 aliphatic carbocycles. The van der Waals surface area contributed by atoms with E-state index >= 15 is 0 Å². The van der Waals surface area contributed by atoms with Crippen molar-refractivity contribution in [3.8, 4) is 0 Å². The van der Waals surface area contributed by atoms with Crippen LogP contribution < -0.4 is 10.6 Å². The Bertz CT molecular complexity index is 1300. The molecule has 3 aliphatic rings. The fraction of sp³-hybridized carbons (Fsp3) is 0.500. The van der Waals surface area contributed by atoms with E-state index in [4.69, 9.17) is 4.84 Å². The Labute approximate surface area is 247 Å². The predicted octanol–water partition coefficient (Wildman–Crippen LogP) is 5.22. The van der Waals surface area contributed by atoms with Gasteiger partial charge in [0.05, 0.1) is 12.5 Å². The van der Waals surface area contributed by atoms with E-state index < -0.39 is 24.0 Å². The van der Waals surface area contributed by atoms with Crippen molar-refractivity contribution in [2.75, 3.05) is 18.4 Å². The van der Waals surface area contributed by atoms with Crippen molar-refractivity contribution >= 4 is 29.6 Å². The van der Waals surface area contributed by atoms with Crippen molar-refractivity contribution in [1.82, 2.24) is 20.2 Å². The van der Waals surface area contributed by atoms with E-state index in [9.17, 15) is 19.2 Å². The second kappa shape index (κ2) is 12.4. The highest BCUT2D eigenvalue weighted by atomic mass is 16.7. The van der Waals surface area contributed by atoms with Gasteiger partial charge in [-0.3, -0.25) is 4.79 Å². The van der Waals surface area contributed by atoms with Crippen LogP contribution in [0.25, 0.3) is 0 Å². The number of hydrogen-bond donors (Lipinski definition) is 2. The summed E-state index contributed by atoms with van der Waals surface area (Å²) in [6.45, 7) is 7.31. The van der Waals surface area contributed by atoms with Crippen LogP contribution in [0.5, 0.6) is 0 Å².